The number of sulfonamides is 1. The molecule has 0 aliphatic carbocycles. The predicted molar refractivity (Wildman–Crippen MR) is 85.4 cm³/mol. The summed E-state index contributed by atoms with van der Waals surface area (Å²) >= 11 is 1.36. The lowest BCUT2D eigenvalue weighted by Crippen LogP contribution is -2.48. The second-order valence-electron chi connectivity index (χ2n) is 5.78. The van der Waals surface area contributed by atoms with E-state index in [-0.39, 0.29) is 23.1 Å². The van der Waals surface area contributed by atoms with Crippen molar-refractivity contribution in [3.05, 3.63) is 35.0 Å². The summed E-state index contributed by atoms with van der Waals surface area (Å²) in [5.74, 6) is 0.0942. The summed E-state index contributed by atoms with van der Waals surface area (Å²) in [5, 5.41) is 1.70. The summed E-state index contributed by atoms with van der Waals surface area (Å²) in [6, 6.07) is 1.53. The molecular weight excluding hydrogens is 352 g/mol. The Hall–Kier alpha value is -2.04. The minimum Gasteiger partial charge on any atom is -0.482 e. The van der Waals surface area contributed by atoms with Crippen molar-refractivity contribution in [3.63, 3.8) is 0 Å². The van der Waals surface area contributed by atoms with Gasteiger partial charge in [0.05, 0.1) is 24.8 Å². The number of amides is 1. The van der Waals surface area contributed by atoms with E-state index in [0.29, 0.717) is 25.2 Å². The summed E-state index contributed by atoms with van der Waals surface area (Å²) in [6.45, 7) is 0.886. The van der Waals surface area contributed by atoms with E-state index >= 15 is 0 Å². The maximum absolute atomic E-state index is 12.5. The van der Waals surface area contributed by atoms with E-state index in [9.17, 15) is 13.2 Å². The van der Waals surface area contributed by atoms with Gasteiger partial charge in [-0.1, -0.05) is 0 Å². The molecule has 4 heterocycles. The molecule has 1 fully saturated rings. The van der Waals surface area contributed by atoms with Crippen LogP contribution in [0.4, 0.5) is 0 Å². The van der Waals surface area contributed by atoms with Gasteiger partial charge >= 0.3 is 0 Å². The van der Waals surface area contributed by atoms with Gasteiger partial charge in [0, 0.05) is 24.5 Å². The van der Waals surface area contributed by atoms with Gasteiger partial charge in [-0.3, -0.25) is 9.78 Å². The van der Waals surface area contributed by atoms with Crippen molar-refractivity contribution in [2.24, 2.45) is 0 Å². The van der Waals surface area contributed by atoms with Crippen molar-refractivity contribution in [3.8, 4) is 5.75 Å². The van der Waals surface area contributed by atoms with Gasteiger partial charge in [-0.15, -0.1) is 11.3 Å². The molecule has 0 radical (unpaired) electrons. The number of nitrogens with one attached hydrogen (secondary N) is 1. The molecule has 10 heteroatoms. The first kappa shape index (κ1) is 15.5. The van der Waals surface area contributed by atoms with Crippen molar-refractivity contribution in [1.82, 2.24) is 19.6 Å². The molecule has 1 saturated heterocycles. The number of rotatable bonds is 1. The fourth-order valence-corrected chi connectivity index (χ4v) is 4.66. The number of thiazole rings is 1. The van der Waals surface area contributed by atoms with E-state index in [1.54, 1.807) is 15.8 Å². The number of carbonyl (C=O) groups excluding carboxylic acids is 1. The quantitative estimate of drug-likeness (QED) is 0.788. The summed E-state index contributed by atoms with van der Waals surface area (Å²) in [4.78, 5) is 22.0. The van der Waals surface area contributed by atoms with Gasteiger partial charge in [0.2, 0.25) is 10.0 Å². The monoisotopic (exact) mass is 366 g/mol. The van der Waals surface area contributed by atoms with E-state index in [4.69, 9.17) is 4.74 Å². The summed E-state index contributed by atoms with van der Waals surface area (Å²) in [5.41, 5.74) is 1.22. The van der Waals surface area contributed by atoms with Gasteiger partial charge in [0.25, 0.3) is 5.91 Å². The number of hydrogen-bond acceptors (Lipinski definition) is 7. The average molecular weight is 366 g/mol. The molecule has 126 valence electrons. The van der Waals surface area contributed by atoms with Crippen LogP contribution in [0.3, 0.4) is 0 Å². The Balaban J connectivity index is 1.63. The smallest absolute Gasteiger partial charge is 0.273 e. The number of likely N-dealkylation sites (tertiary alicyclic amines) is 1. The Morgan fingerprint density at radius 1 is 1.46 bits per heavy atom. The highest BCUT2D eigenvalue weighted by atomic mass is 32.2. The first-order valence-corrected chi connectivity index (χ1v) is 9.72. The fraction of sp³-hybridized carbons (Fsp3) is 0.357. The third-order valence-corrected chi connectivity index (χ3v) is 6.20. The molecule has 24 heavy (non-hydrogen) atoms. The number of nitrogens with zero attached hydrogens (tertiary/aromatic N) is 3. The third-order valence-electron chi connectivity index (χ3n) is 4.20. The van der Waals surface area contributed by atoms with Crippen LogP contribution in [-0.2, 0) is 10.0 Å². The van der Waals surface area contributed by atoms with Crippen LogP contribution in [0.1, 0.15) is 16.9 Å². The molecule has 0 bridgehead atoms. The predicted octanol–water partition coefficient (Wildman–Crippen LogP) is 0.494. The van der Waals surface area contributed by atoms with Gasteiger partial charge in [-0.25, -0.2) is 18.1 Å². The number of ether oxygens (including phenoxy) is 1. The number of carbonyl (C=O) groups is 1. The van der Waals surface area contributed by atoms with Gasteiger partial charge < -0.3 is 9.64 Å². The first-order chi connectivity index (χ1) is 11.5. The number of aromatic nitrogens is 2. The van der Waals surface area contributed by atoms with Gasteiger partial charge in [0.1, 0.15) is 21.9 Å². The maximum atomic E-state index is 12.5. The van der Waals surface area contributed by atoms with Crippen LogP contribution in [0, 0.1) is 0 Å². The Bertz CT molecular complexity index is 884. The zero-order valence-electron chi connectivity index (χ0n) is 12.5. The second kappa shape index (κ2) is 5.50. The lowest BCUT2D eigenvalue weighted by Gasteiger charge is -2.28. The molecule has 2 aromatic rings. The molecule has 0 saturated carbocycles. The minimum atomic E-state index is -3.67. The van der Waals surface area contributed by atoms with E-state index < -0.39 is 15.6 Å². The van der Waals surface area contributed by atoms with Crippen LogP contribution in [0.25, 0.3) is 0 Å². The van der Waals surface area contributed by atoms with Crippen LogP contribution < -0.4 is 9.46 Å². The average Bonchev–Trinajstić information content (AvgIpc) is 3.21. The largest absolute Gasteiger partial charge is 0.482 e. The standard InChI is InChI=1S/C14H14N4O4S2/c19-13(10-6-23-9-16-10)18-4-2-14(8-18)7-17-24(20,21)12-5-15-3-1-11(12)22-14/h1,3,5-6,9,17H,2,4,7-8H2. The molecule has 1 amide bonds. The first-order valence-electron chi connectivity index (χ1n) is 7.29. The highest BCUT2D eigenvalue weighted by Gasteiger charge is 2.46. The summed E-state index contributed by atoms with van der Waals surface area (Å²) in [7, 11) is -3.67. The molecule has 2 aromatic heterocycles. The Morgan fingerprint density at radius 3 is 3.12 bits per heavy atom. The van der Waals surface area contributed by atoms with Crippen LogP contribution in [-0.4, -0.2) is 54.4 Å². The van der Waals surface area contributed by atoms with E-state index in [1.165, 1.54) is 29.8 Å². The highest BCUT2D eigenvalue weighted by molar-refractivity contribution is 7.89. The van der Waals surface area contributed by atoms with Crippen molar-refractivity contribution in [1.29, 1.82) is 0 Å². The van der Waals surface area contributed by atoms with E-state index in [0.717, 1.165) is 0 Å². The lowest BCUT2D eigenvalue weighted by molar-refractivity contribution is 0.0631. The van der Waals surface area contributed by atoms with Crippen LogP contribution >= 0.6 is 11.3 Å². The zero-order chi connectivity index (χ0) is 16.8. The Labute approximate surface area is 142 Å². The molecule has 1 N–H and O–H groups in total. The molecule has 2 aliphatic heterocycles. The molecular formula is C14H14N4O4S2. The Morgan fingerprint density at radius 2 is 2.33 bits per heavy atom. The summed E-state index contributed by atoms with van der Waals surface area (Å²) in [6.07, 6.45) is 3.29. The van der Waals surface area contributed by atoms with Gasteiger partial charge in [-0.05, 0) is 6.07 Å². The molecule has 1 unspecified atom stereocenters. The molecule has 4 rings (SSSR count). The Kier molecular flexibility index (Phi) is 3.55. The van der Waals surface area contributed by atoms with Crippen molar-refractivity contribution in [2.45, 2.75) is 16.9 Å². The van der Waals surface area contributed by atoms with Crippen LogP contribution in [0.5, 0.6) is 5.75 Å². The van der Waals surface area contributed by atoms with Gasteiger partial charge in [-0.2, -0.15) is 0 Å². The summed E-state index contributed by atoms with van der Waals surface area (Å²) < 4.78 is 33.2. The molecule has 1 atom stereocenters. The molecule has 1 spiro atoms. The van der Waals surface area contributed by atoms with Gasteiger partial charge in [0.15, 0.2) is 0 Å². The lowest BCUT2D eigenvalue weighted by atomic mass is 10.0. The number of fused-ring (bicyclic) bond motifs is 1. The SMILES string of the molecule is O=C(c1cscn1)N1CCC2(CNS(=O)(=O)c3cnccc3O2)C1. The molecule has 2 aliphatic rings. The van der Waals surface area contributed by atoms with Crippen molar-refractivity contribution in [2.75, 3.05) is 19.6 Å². The van der Waals surface area contributed by atoms with Crippen LogP contribution in [0.15, 0.2) is 34.2 Å². The van der Waals surface area contributed by atoms with Crippen molar-refractivity contribution >= 4 is 27.3 Å². The number of pyridine rings is 1. The van der Waals surface area contributed by atoms with Crippen molar-refractivity contribution < 1.29 is 17.9 Å². The minimum absolute atomic E-state index is 0.0196. The molecule has 0 aromatic carbocycles. The molecule has 8 nitrogen and oxygen atoms in total. The van der Waals surface area contributed by atoms with Crippen LogP contribution in [0.2, 0.25) is 0 Å². The third kappa shape index (κ3) is 2.56. The topological polar surface area (TPSA) is 101 Å². The number of hydrogen-bond donors (Lipinski definition) is 1. The zero-order valence-corrected chi connectivity index (χ0v) is 14.1. The second-order valence-corrected chi connectivity index (χ2v) is 8.24. The maximum Gasteiger partial charge on any atom is 0.273 e. The normalized spacial score (nSPS) is 25.1. The fourth-order valence-electron chi connectivity index (χ4n) is 2.95. The highest BCUT2D eigenvalue weighted by Crippen LogP contribution is 2.34. The van der Waals surface area contributed by atoms with E-state index in [2.05, 4.69) is 14.7 Å². The van der Waals surface area contributed by atoms with E-state index in [1.807, 2.05) is 0 Å².